The molecule has 0 saturated heterocycles. The van der Waals surface area contributed by atoms with Gasteiger partial charge >= 0.3 is 0 Å². The zero-order valence-corrected chi connectivity index (χ0v) is 12.4. The first-order valence-corrected chi connectivity index (χ1v) is 7.13. The minimum absolute atomic E-state index is 0.636. The molecule has 0 aliphatic rings. The number of ether oxygens (including phenoxy) is 2. The predicted octanol–water partition coefficient (Wildman–Crippen LogP) is 3.27. The topological polar surface area (TPSA) is 68.3 Å². The van der Waals surface area contributed by atoms with Crippen molar-refractivity contribution in [2.45, 2.75) is 45.1 Å². The molecule has 0 fully saturated rings. The summed E-state index contributed by atoms with van der Waals surface area (Å²) in [6.45, 7) is 5.20. The van der Waals surface area contributed by atoms with Gasteiger partial charge in [0.2, 0.25) is 0 Å². The molecule has 0 aromatic heterocycles. The molecular formula is C16H24N2O2. The van der Waals surface area contributed by atoms with Gasteiger partial charge in [-0.05, 0) is 56.9 Å². The van der Waals surface area contributed by atoms with E-state index in [0.29, 0.717) is 13.0 Å². The predicted molar refractivity (Wildman–Crippen MR) is 79.8 cm³/mol. The Morgan fingerprint density at radius 3 is 2.15 bits per heavy atom. The average molecular weight is 276 g/mol. The van der Waals surface area contributed by atoms with Gasteiger partial charge in [0, 0.05) is 0 Å². The summed E-state index contributed by atoms with van der Waals surface area (Å²) >= 11 is 0. The van der Waals surface area contributed by atoms with Crippen molar-refractivity contribution >= 4 is 0 Å². The molecule has 0 amide bonds. The van der Waals surface area contributed by atoms with E-state index < -0.39 is 5.54 Å². The van der Waals surface area contributed by atoms with Crippen LogP contribution in [0.25, 0.3) is 0 Å². The largest absolute Gasteiger partial charge is 0.494 e. The number of nitriles is 1. The maximum Gasteiger partial charge on any atom is 0.119 e. The smallest absolute Gasteiger partial charge is 0.119 e. The Kier molecular flexibility index (Phi) is 6.89. The van der Waals surface area contributed by atoms with Gasteiger partial charge in [0.05, 0.1) is 19.3 Å². The van der Waals surface area contributed by atoms with Crippen molar-refractivity contribution in [3.8, 4) is 17.6 Å². The lowest BCUT2D eigenvalue weighted by Gasteiger charge is -2.14. The molecule has 4 heteroatoms. The first kappa shape index (κ1) is 16.3. The Balaban J connectivity index is 2.21. The van der Waals surface area contributed by atoms with Gasteiger partial charge < -0.3 is 15.2 Å². The molecule has 2 N–H and O–H groups in total. The van der Waals surface area contributed by atoms with Crippen LogP contribution in [0.15, 0.2) is 24.3 Å². The first-order chi connectivity index (χ1) is 9.57. The van der Waals surface area contributed by atoms with Crippen molar-refractivity contribution < 1.29 is 9.47 Å². The average Bonchev–Trinajstić information content (AvgIpc) is 2.46. The van der Waals surface area contributed by atoms with E-state index in [0.717, 1.165) is 37.4 Å². The monoisotopic (exact) mass is 276 g/mol. The highest BCUT2D eigenvalue weighted by molar-refractivity contribution is 5.31. The summed E-state index contributed by atoms with van der Waals surface area (Å²) in [4.78, 5) is 0. The molecule has 0 heterocycles. The molecule has 0 radical (unpaired) electrons. The molecule has 110 valence electrons. The Labute approximate surface area is 121 Å². The lowest BCUT2D eigenvalue weighted by atomic mass is 9.98. The van der Waals surface area contributed by atoms with Crippen LogP contribution >= 0.6 is 0 Å². The quantitative estimate of drug-likeness (QED) is 0.703. The maximum absolute atomic E-state index is 8.80. The standard InChI is InChI=1S/C16H24N2O2/c1-3-11-19-14-6-8-15(9-7-14)20-12-5-4-10-16(2,18)13-17/h6-9H,3-5,10-12,18H2,1-2H3. The van der Waals surface area contributed by atoms with E-state index in [1.165, 1.54) is 0 Å². The Morgan fingerprint density at radius 1 is 1.10 bits per heavy atom. The molecule has 1 unspecified atom stereocenters. The molecule has 4 nitrogen and oxygen atoms in total. The van der Waals surface area contributed by atoms with Crippen LogP contribution in [0.5, 0.6) is 11.5 Å². The number of nitrogens with zero attached hydrogens (tertiary/aromatic N) is 1. The third kappa shape index (κ3) is 6.44. The summed E-state index contributed by atoms with van der Waals surface area (Å²) in [6, 6.07) is 9.74. The summed E-state index contributed by atoms with van der Waals surface area (Å²) in [5, 5.41) is 8.80. The molecule has 0 bridgehead atoms. The van der Waals surface area contributed by atoms with Gasteiger partial charge in [-0.3, -0.25) is 0 Å². The van der Waals surface area contributed by atoms with E-state index in [1.54, 1.807) is 6.92 Å². The molecule has 1 atom stereocenters. The lowest BCUT2D eigenvalue weighted by Crippen LogP contribution is -2.33. The van der Waals surface area contributed by atoms with Gasteiger partial charge in [0.1, 0.15) is 17.0 Å². The second-order valence-electron chi connectivity index (χ2n) is 5.15. The normalized spacial score (nSPS) is 13.3. The minimum atomic E-state index is -0.724. The van der Waals surface area contributed by atoms with E-state index in [1.807, 2.05) is 24.3 Å². The molecule has 1 rings (SSSR count). The van der Waals surface area contributed by atoms with Crippen molar-refractivity contribution in [2.24, 2.45) is 5.73 Å². The second-order valence-corrected chi connectivity index (χ2v) is 5.15. The highest BCUT2D eigenvalue weighted by atomic mass is 16.5. The van der Waals surface area contributed by atoms with Crippen molar-refractivity contribution in [3.05, 3.63) is 24.3 Å². The van der Waals surface area contributed by atoms with Crippen molar-refractivity contribution in [1.82, 2.24) is 0 Å². The third-order valence-electron chi connectivity index (χ3n) is 2.91. The summed E-state index contributed by atoms with van der Waals surface area (Å²) in [5.41, 5.74) is 5.03. The van der Waals surface area contributed by atoms with Crippen LogP contribution < -0.4 is 15.2 Å². The van der Waals surface area contributed by atoms with E-state index in [2.05, 4.69) is 13.0 Å². The molecule has 1 aromatic rings. The number of unbranched alkanes of at least 4 members (excludes halogenated alkanes) is 1. The summed E-state index contributed by atoms with van der Waals surface area (Å²) < 4.78 is 11.1. The van der Waals surface area contributed by atoms with E-state index in [9.17, 15) is 0 Å². The van der Waals surface area contributed by atoms with Crippen LogP contribution in [-0.2, 0) is 0 Å². The van der Waals surface area contributed by atoms with Gasteiger partial charge in [0.15, 0.2) is 0 Å². The van der Waals surface area contributed by atoms with Gasteiger partial charge in [0.25, 0.3) is 0 Å². The molecule has 0 spiro atoms. The highest BCUT2D eigenvalue weighted by Gasteiger charge is 2.15. The number of nitrogens with two attached hydrogens (primary N) is 1. The molecule has 0 aliphatic heterocycles. The fourth-order valence-corrected chi connectivity index (χ4v) is 1.69. The Hall–Kier alpha value is -1.73. The van der Waals surface area contributed by atoms with E-state index >= 15 is 0 Å². The van der Waals surface area contributed by atoms with E-state index in [-0.39, 0.29) is 0 Å². The molecule has 0 aliphatic carbocycles. The van der Waals surface area contributed by atoms with Crippen LogP contribution in [0.3, 0.4) is 0 Å². The molecule has 0 saturated carbocycles. The van der Waals surface area contributed by atoms with Crippen LogP contribution in [0, 0.1) is 11.3 Å². The van der Waals surface area contributed by atoms with Crippen LogP contribution in [0.1, 0.15) is 39.5 Å². The van der Waals surface area contributed by atoms with Crippen LogP contribution in [-0.4, -0.2) is 18.8 Å². The second kappa shape index (κ2) is 8.44. The van der Waals surface area contributed by atoms with Crippen molar-refractivity contribution in [1.29, 1.82) is 5.26 Å². The third-order valence-corrected chi connectivity index (χ3v) is 2.91. The van der Waals surface area contributed by atoms with Gasteiger partial charge in [-0.25, -0.2) is 0 Å². The summed E-state index contributed by atoms with van der Waals surface area (Å²) in [5.74, 6) is 1.71. The number of rotatable bonds is 9. The summed E-state index contributed by atoms with van der Waals surface area (Å²) in [6.07, 6.45) is 3.47. The molecular weight excluding hydrogens is 252 g/mol. The zero-order valence-electron chi connectivity index (χ0n) is 12.4. The fraction of sp³-hybridized carbons (Fsp3) is 0.562. The SMILES string of the molecule is CCCOc1ccc(OCCCCC(C)(N)C#N)cc1. The minimum Gasteiger partial charge on any atom is -0.494 e. The Bertz CT molecular complexity index is 421. The summed E-state index contributed by atoms with van der Waals surface area (Å²) in [7, 11) is 0. The first-order valence-electron chi connectivity index (χ1n) is 7.13. The van der Waals surface area contributed by atoms with Crippen molar-refractivity contribution in [3.63, 3.8) is 0 Å². The van der Waals surface area contributed by atoms with Crippen LogP contribution in [0.4, 0.5) is 0 Å². The van der Waals surface area contributed by atoms with E-state index in [4.69, 9.17) is 20.5 Å². The maximum atomic E-state index is 8.80. The zero-order chi connectivity index (χ0) is 14.8. The number of benzene rings is 1. The van der Waals surface area contributed by atoms with Crippen LogP contribution in [0.2, 0.25) is 0 Å². The lowest BCUT2D eigenvalue weighted by molar-refractivity contribution is 0.297. The van der Waals surface area contributed by atoms with Gasteiger partial charge in [-0.1, -0.05) is 6.92 Å². The van der Waals surface area contributed by atoms with Gasteiger partial charge in [-0.2, -0.15) is 5.26 Å². The fourth-order valence-electron chi connectivity index (χ4n) is 1.69. The van der Waals surface area contributed by atoms with Gasteiger partial charge in [-0.15, -0.1) is 0 Å². The molecule has 20 heavy (non-hydrogen) atoms. The molecule has 1 aromatic carbocycles. The number of hydrogen-bond donors (Lipinski definition) is 1. The number of hydrogen-bond acceptors (Lipinski definition) is 4. The Morgan fingerprint density at radius 2 is 1.65 bits per heavy atom. The van der Waals surface area contributed by atoms with Crippen molar-refractivity contribution in [2.75, 3.05) is 13.2 Å². The highest BCUT2D eigenvalue weighted by Crippen LogP contribution is 2.18.